The molecular formula is C3H7IO3. The molecule has 0 unspecified atom stereocenters. The van der Waals surface area contributed by atoms with E-state index in [-0.39, 0.29) is 0 Å². The monoisotopic (exact) mass is 218 g/mol. The van der Waals surface area contributed by atoms with Crippen LogP contribution in [0.1, 0.15) is 13.3 Å². The Kier molecular flexibility index (Phi) is 2.30. The van der Waals surface area contributed by atoms with Crippen LogP contribution in [0.4, 0.5) is 0 Å². The quantitative estimate of drug-likeness (QED) is 0.400. The molecule has 0 amide bonds. The Morgan fingerprint density at radius 1 is 1.43 bits per heavy atom. The minimum atomic E-state index is -1.37. The SMILES string of the molecule is CCCI1OOO1. The first-order valence-electron chi connectivity index (χ1n) is 2.12. The van der Waals surface area contributed by atoms with E-state index in [4.69, 9.17) is 0 Å². The summed E-state index contributed by atoms with van der Waals surface area (Å²) in [5, 5.41) is 4.06. The maximum absolute atomic E-state index is 4.61. The molecule has 0 spiro atoms. The Morgan fingerprint density at radius 2 is 2.14 bits per heavy atom. The third-order valence-electron chi connectivity index (χ3n) is 0.535. The third kappa shape index (κ3) is 1.52. The second kappa shape index (κ2) is 2.81. The molecule has 3 nitrogen and oxygen atoms in total. The predicted molar refractivity (Wildman–Crippen MR) is 32.4 cm³/mol. The summed E-state index contributed by atoms with van der Waals surface area (Å²) in [6.45, 7) is 2.10. The van der Waals surface area contributed by atoms with E-state index < -0.39 is 20.6 Å². The third-order valence-corrected chi connectivity index (χ3v) is 3.59. The van der Waals surface area contributed by atoms with E-state index >= 15 is 0 Å². The molecule has 1 fully saturated rings. The van der Waals surface area contributed by atoms with Gasteiger partial charge < -0.3 is 0 Å². The molecule has 0 bridgehead atoms. The van der Waals surface area contributed by atoms with E-state index in [1.807, 2.05) is 0 Å². The van der Waals surface area contributed by atoms with Crippen molar-refractivity contribution in [3.8, 4) is 0 Å². The van der Waals surface area contributed by atoms with Crippen molar-refractivity contribution in [2.45, 2.75) is 13.3 Å². The van der Waals surface area contributed by atoms with Gasteiger partial charge in [0, 0.05) is 0 Å². The summed E-state index contributed by atoms with van der Waals surface area (Å²) < 4.78 is 10.3. The van der Waals surface area contributed by atoms with E-state index in [0.717, 1.165) is 10.8 Å². The number of rotatable bonds is 2. The zero-order chi connectivity index (χ0) is 5.11. The maximum atomic E-state index is 4.61. The van der Waals surface area contributed by atoms with Crippen molar-refractivity contribution in [1.82, 2.24) is 0 Å². The molecule has 44 valence electrons. The topological polar surface area (TPSA) is 27.7 Å². The molecule has 0 aromatic carbocycles. The molecule has 1 heterocycles. The molecule has 1 rings (SSSR count). The molecule has 0 aromatic heterocycles. The van der Waals surface area contributed by atoms with Gasteiger partial charge in [0.15, 0.2) is 0 Å². The molecule has 0 atom stereocenters. The second-order valence-corrected chi connectivity index (χ2v) is 4.57. The Balaban J connectivity index is 1.93. The van der Waals surface area contributed by atoms with Crippen LogP contribution in [-0.4, -0.2) is 4.43 Å². The van der Waals surface area contributed by atoms with Crippen molar-refractivity contribution in [1.29, 1.82) is 0 Å². The Morgan fingerprint density at radius 3 is 2.29 bits per heavy atom. The van der Waals surface area contributed by atoms with Crippen LogP contribution in [-0.2, 0) is 11.5 Å². The summed E-state index contributed by atoms with van der Waals surface area (Å²) in [6, 6.07) is 0. The summed E-state index contributed by atoms with van der Waals surface area (Å²) in [5.41, 5.74) is 0. The van der Waals surface area contributed by atoms with E-state index in [9.17, 15) is 0 Å². The van der Waals surface area contributed by atoms with E-state index in [1.54, 1.807) is 0 Å². The molecule has 1 aliphatic heterocycles. The molecule has 1 saturated heterocycles. The van der Waals surface area contributed by atoms with Crippen LogP contribution in [0, 0.1) is 0 Å². The molecule has 4 heteroatoms. The van der Waals surface area contributed by atoms with Crippen molar-refractivity contribution in [3.63, 3.8) is 0 Å². The fraction of sp³-hybridized carbons (Fsp3) is 1.00. The normalized spacial score (nSPS) is 24.4. The molecule has 0 N–H and O–H groups in total. The summed E-state index contributed by atoms with van der Waals surface area (Å²) in [7, 11) is 0. The molecule has 0 aromatic rings. The summed E-state index contributed by atoms with van der Waals surface area (Å²) in [4.78, 5) is 0. The zero-order valence-electron chi connectivity index (χ0n) is 4.02. The Hall–Kier alpha value is 0.610. The fourth-order valence-corrected chi connectivity index (χ4v) is 1.87. The summed E-state index contributed by atoms with van der Waals surface area (Å²) in [5.74, 6) is 0. The van der Waals surface area contributed by atoms with Crippen LogP contribution in [0.25, 0.3) is 0 Å². The Bertz CT molecular complexity index is 54.1. The van der Waals surface area contributed by atoms with Crippen LogP contribution < -0.4 is 0 Å². The number of halogens is 1. The number of alkyl halides is 1. The molecule has 0 aliphatic carbocycles. The van der Waals surface area contributed by atoms with Gasteiger partial charge in [0.05, 0.1) is 0 Å². The van der Waals surface area contributed by atoms with Gasteiger partial charge in [0.1, 0.15) is 0 Å². The van der Waals surface area contributed by atoms with Gasteiger partial charge in [-0.1, -0.05) is 0 Å². The zero-order valence-corrected chi connectivity index (χ0v) is 6.17. The van der Waals surface area contributed by atoms with E-state index in [0.29, 0.717) is 0 Å². The molecule has 7 heavy (non-hydrogen) atoms. The van der Waals surface area contributed by atoms with Crippen molar-refractivity contribution < 1.29 is 11.5 Å². The van der Waals surface area contributed by atoms with Gasteiger partial charge in [-0.3, -0.25) is 0 Å². The number of hydrogen-bond acceptors (Lipinski definition) is 3. The average molecular weight is 218 g/mol. The standard InChI is InChI=1S/C3H7IO3/c1-2-3-4-5-7-6-4/h2-3H2,1H3. The van der Waals surface area contributed by atoms with Gasteiger partial charge in [-0.25, -0.2) is 0 Å². The molecule has 1 aliphatic rings. The summed E-state index contributed by atoms with van der Waals surface area (Å²) in [6.07, 6.45) is 1.13. The van der Waals surface area contributed by atoms with Gasteiger partial charge in [0.2, 0.25) is 0 Å². The van der Waals surface area contributed by atoms with Gasteiger partial charge in [-0.2, -0.15) is 0 Å². The first-order chi connectivity index (χ1) is 3.43. The van der Waals surface area contributed by atoms with Gasteiger partial charge in [0.25, 0.3) is 0 Å². The van der Waals surface area contributed by atoms with Crippen LogP contribution in [0.2, 0.25) is 0 Å². The fourth-order valence-electron chi connectivity index (χ4n) is 0.279. The average Bonchev–Trinajstić information content (AvgIpc) is 1.55. The van der Waals surface area contributed by atoms with Crippen molar-refractivity contribution >= 4 is 20.6 Å². The van der Waals surface area contributed by atoms with Crippen molar-refractivity contribution in [2.24, 2.45) is 0 Å². The molecular weight excluding hydrogens is 211 g/mol. The minimum absolute atomic E-state index is 1.07. The van der Waals surface area contributed by atoms with Gasteiger partial charge in [-0.05, 0) is 0 Å². The van der Waals surface area contributed by atoms with Crippen LogP contribution >= 0.6 is 20.6 Å². The van der Waals surface area contributed by atoms with Gasteiger partial charge >= 0.3 is 49.9 Å². The summed E-state index contributed by atoms with van der Waals surface area (Å²) >= 11 is -1.37. The Labute approximate surface area is 50.3 Å². The first kappa shape index (κ1) is 5.74. The number of hydrogen-bond donors (Lipinski definition) is 0. The molecule has 0 radical (unpaired) electrons. The second-order valence-electron chi connectivity index (χ2n) is 1.16. The van der Waals surface area contributed by atoms with E-state index in [2.05, 4.69) is 18.4 Å². The van der Waals surface area contributed by atoms with Crippen molar-refractivity contribution in [2.75, 3.05) is 4.43 Å². The van der Waals surface area contributed by atoms with Crippen molar-refractivity contribution in [3.05, 3.63) is 0 Å². The van der Waals surface area contributed by atoms with Gasteiger partial charge in [-0.15, -0.1) is 0 Å². The predicted octanol–water partition coefficient (Wildman–Crippen LogP) is 1.63. The van der Waals surface area contributed by atoms with Crippen LogP contribution in [0.15, 0.2) is 0 Å². The van der Waals surface area contributed by atoms with E-state index in [1.165, 1.54) is 0 Å². The first-order valence-corrected chi connectivity index (χ1v) is 5.40. The molecule has 0 saturated carbocycles. The van der Waals surface area contributed by atoms with Crippen LogP contribution in [0.5, 0.6) is 0 Å². The van der Waals surface area contributed by atoms with Crippen LogP contribution in [0.3, 0.4) is 0 Å².